The minimum absolute atomic E-state index is 0.771. The Morgan fingerprint density at radius 2 is 1.87 bits per heavy atom. The first-order chi connectivity index (χ1) is 11.1. The van der Waals surface area contributed by atoms with Gasteiger partial charge in [-0.2, -0.15) is 0 Å². The van der Waals surface area contributed by atoms with Crippen LogP contribution in [0.3, 0.4) is 0 Å². The quantitative estimate of drug-likeness (QED) is 0.516. The maximum atomic E-state index is 5.99. The van der Waals surface area contributed by atoms with Crippen molar-refractivity contribution in [1.82, 2.24) is 4.57 Å². The molecule has 0 aliphatic heterocycles. The van der Waals surface area contributed by atoms with E-state index >= 15 is 0 Å². The Labute approximate surface area is 150 Å². The number of alkyl halides is 1. The Bertz CT molecular complexity index is 823. The summed E-state index contributed by atoms with van der Waals surface area (Å²) in [6, 6.07) is 14.4. The number of rotatable bonds is 5. The average Bonchev–Trinajstić information content (AvgIpc) is 2.82. The maximum absolute atomic E-state index is 5.99. The summed E-state index contributed by atoms with van der Waals surface area (Å²) >= 11 is 9.56. The summed E-state index contributed by atoms with van der Waals surface area (Å²) in [5, 5.41) is 2.99. The average molecular weight is 393 g/mol. The number of aryl methyl sites for hydroxylation is 1. The van der Waals surface area contributed by atoms with Crippen LogP contribution in [0.15, 0.2) is 42.5 Å². The van der Waals surface area contributed by atoms with Crippen molar-refractivity contribution in [3.63, 3.8) is 0 Å². The Hall–Kier alpha value is -1.45. The van der Waals surface area contributed by atoms with Crippen LogP contribution in [0.5, 0.6) is 5.75 Å². The van der Waals surface area contributed by atoms with E-state index in [0.29, 0.717) is 0 Å². The topological polar surface area (TPSA) is 14.2 Å². The van der Waals surface area contributed by atoms with Crippen LogP contribution >= 0.6 is 27.5 Å². The van der Waals surface area contributed by atoms with E-state index in [-0.39, 0.29) is 0 Å². The molecule has 2 aromatic carbocycles. The molecule has 0 fully saturated rings. The van der Waals surface area contributed by atoms with Crippen molar-refractivity contribution in [3.8, 4) is 5.75 Å². The molecule has 1 aromatic heterocycles. The number of hydrogen-bond donors (Lipinski definition) is 0. The number of fused-ring (bicyclic) bond motifs is 1. The lowest BCUT2D eigenvalue weighted by molar-refractivity contribution is 0.415. The molecule has 0 radical (unpaired) electrons. The molecule has 0 aliphatic rings. The summed E-state index contributed by atoms with van der Waals surface area (Å²) in [7, 11) is 1.71. The summed E-state index contributed by atoms with van der Waals surface area (Å²) in [5.41, 5.74) is 5.18. The second kappa shape index (κ2) is 6.98. The number of methoxy groups -OCH3 is 1. The van der Waals surface area contributed by atoms with Crippen molar-refractivity contribution in [3.05, 3.63) is 64.3 Å². The van der Waals surface area contributed by atoms with Crippen LogP contribution in [0.25, 0.3) is 10.9 Å². The molecule has 1 heterocycles. The monoisotopic (exact) mass is 391 g/mol. The molecule has 0 unspecified atom stereocenters. The normalized spacial score (nSPS) is 11.1. The summed E-state index contributed by atoms with van der Waals surface area (Å²) in [4.78, 5) is 0. The summed E-state index contributed by atoms with van der Waals surface area (Å²) in [6.45, 7) is 3.04. The molecular formula is C19H19BrClNO. The molecule has 0 bridgehead atoms. The van der Waals surface area contributed by atoms with E-state index < -0.39 is 0 Å². The molecule has 0 aliphatic carbocycles. The molecule has 0 N–H and O–H groups in total. The van der Waals surface area contributed by atoms with Gasteiger partial charge in [0.15, 0.2) is 0 Å². The lowest BCUT2D eigenvalue weighted by atomic mass is 10.1. The van der Waals surface area contributed by atoms with Gasteiger partial charge < -0.3 is 9.30 Å². The largest absolute Gasteiger partial charge is 0.497 e. The molecule has 4 heteroatoms. The van der Waals surface area contributed by atoms with Crippen LogP contribution in [-0.4, -0.2) is 17.0 Å². The van der Waals surface area contributed by atoms with E-state index in [1.165, 1.54) is 27.7 Å². The van der Waals surface area contributed by atoms with E-state index in [1.54, 1.807) is 7.11 Å². The Morgan fingerprint density at radius 3 is 2.52 bits per heavy atom. The molecule has 0 spiro atoms. The van der Waals surface area contributed by atoms with E-state index in [1.807, 2.05) is 18.2 Å². The van der Waals surface area contributed by atoms with Crippen molar-refractivity contribution >= 4 is 38.4 Å². The van der Waals surface area contributed by atoms with Crippen LogP contribution in [-0.2, 0) is 13.0 Å². The van der Waals surface area contributed by atoms with Gasteiger partial charge in [-0.05, 0) is 54.8 Å². The summed E-state index contributed by atoms with van der Waals surface area (Å²) in [5.74, 6) is 0.900. The van der Waals surface area contributed by atoms with Crippen molar-refractivity contribution in [2.75, 3.05) is 12.4 Å². The summed E-state index contributed by atoms with van der Waals surface area (Å²) in [6.07, 6.45) is 1.00. The van der Waals surface area contributed by atoms with Gasteiger partial charge in [-0.3, -0.25) is 0 Å². The van der Waals surface area contributed by atoms with Crippen LogP contribution in [0.1, 0.15) is 16.8 Å². The fraction of sp³-hybridized carbons (Fsp3) is 0.263. The van der Waals surface area contributed by atoms with Gasteiger partial charge in [0.1, 0.15) is 5.75 Å². The Balaban J connectivity index is 2.11. The van der Waals surface area contributed by atoms with E-state index in [9.17, 15) is 0 Å². The minimum Gasteiger partial charge on any atom is -0.497 e. The van der Waals surface area contributed by atoms with Gasteiger partial charge in [0, 0.05) is 33.5 Å². The molecule has 120 valence electrons. The molecule has 23 heavy (non-hydrogen) atoms. The van der Waals surface area contributed by atoms with Gasteiger partial charge in [-0.15, -0.1) is 0 Å². The highest BCUT2D eigenvalue weighted by atomic mass is 79.9. The highest BCUT2D eigenvalue weighted by Crippen LogP contribution is 2.31. The Kier molecular flexibility index (Phi) is 4.98. The maximum Gasteiger partial charge on any atom is 0.119 e. The standard InChI is InChI=1S/C19H19BrClNO/c1-13-17(9-10-20)18-11-16(23-2)7-8-19(18)22(13)12-14-3-5-15(21)6-4-14/h3-8,11H,9-10,12H2,1-2H3. The minimum atomic E-state index is 0.771. The molecule has 0 saturated heterocycles. The molecule has 3 aromatic rings. The van der Waals surface area contributed by atoms with Gasteiger partial charge >= 0.3 is 0 Å². The van der Waals surface area contributed by atoms with Crippen molar-refractivity contribution in [2.45, 2.75) is 19.9 Å². The number of aromatic nitrogens is 1. The molecule has 0 amide bonds. The molecule has 0 atom stereocenters. The molecule has 0 saturated carbocycles. The first-order valence-corrected chi connectivity index (χ1v) is 9.10. The second-order valence-electron chi connectivity index (χ2n) is 5.60. The number of halogens is 2. The smallest absolute Gasteiger partial charge is 0.119 e. The second-order valence-corrected chi connectivity index (χ2v) is 6.83. The molecule has 2 nitrogen and oxygen atoms in total. The number of hydrogen-bond acceptors (Lipinski definition) is 1. The lowest BCUT2D eigenvalue weighted by Gasteiger charge is -2.09. The highest BCUT2D eigenvalue weighted by molar-refractivity contribution is 9.09. The SMILES string of the molecule is COc1ccc2c(c1)c(CCBr)c(C)n2Cc1ccc(Cl)cc1. The van der Waals surface area contributed by atoms with Crippen molar-refractivity contribution in [2.24, 2.45) is 0 Å². The van der Waals surface area contributed by atoms with Crippen molar-refractivity contribution < 1.29 is 4.74 Å². The predicted molar refractivity (Wildman–Crippen MR) is 101 cm³/mol. The number of nitrogens with zero attached hydrogens (tertiary/aromatic N) is 1. The highest BCUT2D eigenvalue weighted by Gasteiger charge is 2.14. The van der Waals surface area contributed by atoms with Crippen LogP contribution in [0.2, 0.25) is 5.02 Å². The third kappa shape index (κ3) is 3.26. The number of benzene rings is 2. The Morgan fingerprint density at radius 1 is 1.13 bits per heavy atom. The third-order valence-corrected chi connectivity index (χ3v) is 4.91. The predicted octanol–water partition coefficient (Wildman–Crippen LogP) is 5.60. The third-order valence-electron chi connectivity index (χ3n) is 4.26. The first-order valence-electron chi connectivity index (χ1n) is 7.60. The van der Waals surface area contributed by atoms with E-state index in [0.717, 1.165) is 29.1 Å². The molecule has 3 rings (SSSR count). The first kappa shape index (κ1) is 16.4. The van der Waals surface area contributed by atoms with E-state index in [2.05, 4.69) is 51.7 Å². The fourth-order valence-corrected chi connectivity index (χ4v) is 3.57. The zero-order chi connectivity index (χ0) is 16.4. The van der Waals surface area contributed by atoms with Gasteiger partial charge in [0.05, 0.1) is 7.11 Å². The molecular weight excluding hydrogens is 374 g/mol. The van der Waals surface area contributed by atoms with Crippen molar-refractivity contribution in [1.29, 1.82) is 0 Å². The van der Waals surface area contributed by atoms with Gasteiger partial charge in [0.25, 0.3) is 0 Å². The van der Waals surface area contributed by atoms with E-state index in [4.69, 9.17) is 16.3 Å². The lowest BCUT2D eigenvalue weighted by Crippen LogP contribution is -2.02. The van der Waals surface area contributed by atoms with Crippen LogP contribution in [0.4, 0.5) is 0 Å². The zero-order valence-electron chi connectivity index (χ0n) is 13.3. The zero-order valence-corrected chi connectivity index (χ0v) is 15.6. The van der Waals surface area contributed by atoms with Crippen LogP contribution < -0.4 is 4.74 Å². The van der Waals surface area contributed by atoms with Crippen LogP contribution in [0, 0.1) is 6.92 Å². The van der Waals surface area contributed by atoms with Gasteiger partial charge in [-0.25, -0.2) is 0 Å². The van der Waals surface area contributed by atoms with Gasteiger partial charge in [-0.1, -0.05) is 39.7 Å². The fourth-order valence-electron chi connectivity index (χ4n) is 3.04. The number of ether oxygens (including phenoxy) is 1. The van der Waals surface area contributed by atoms with Gasteiger partial charge in [0.2, 0.25) is 0 Å². The summed E-state index contributed by atoms with van der Waals surface area (Å²) < 4.78 is 7.77.